The van der Waals surface area contributed by atoms with E-state index in [4.69, 9.17) is 11.6 Å². The lowest BCUT2D eigenvalue weighted by atomic mass is 10.2. The molecule has 0 saturated carbocycles. The number of pyridine rings is 1. The van der Waals surface area contributed by atoms with Gasteiger partial charge in [-0.05, 0) is 24.5 Å². The molecule has 2 N–H and O–H groups in total. The van der Waals surface area contributed by atoms with E-state index in [0.29, 0.717) is 29.0 Å². The minimum Gasteiger partial charge on any atom is -0.370 e. The number of nitrogens with one attached hydrogen (secondary N) is 2. The summed E-state index contributed by atoms with van der Waals surface area (Å²) in [4.78, 5) is 16.0. The molecule has 5 heteroatoms. The first-order valence-corrected chi connectivity index (χ1v) is 6.60. The summed E-state index contributed by atoms with van der Waals surface area (Å²) in [6.07, 6.45) is 0.989. The number of nitrogens with zero attached hydrogens (tertiary/aromatic N) is 1. The van der Waals surface area contributed by atoms with Crippen molar-refractivity contribution in [1.29, 1.82) is 0 Å². The van der Waals surface area contributed by atoms with Gasteiger partial charge < -0.3 is 10.6 Å². The molecule has 0 atom stereocenters. The van der Waals surface area contributed by atoms with Crippen LogP contribution >= 0.6 is 11.6 Å². The predicted octanol–water partition coefficient (Wildman–Crippen LogP) is 2.94. The van der Waals surface area contributed by atoms with Crippen LogP contribution in [0.3, 0.4) is 0 Å². The molecule has 1 aromatic rings. The molecular weight excluding hydrogens is 250 g/mol. The average Bonchev–Trinajstić information content (AvgIpc) is 2.32. The minimum absolute atomic E-state index is 0.118. The van der Waals surface area contributed by atoms with Crippen LogP contribution in [0, 0.1) is 5.92 Å². The lowest BCUT2D eigenvalue weighted by Gasteiger charge is -2.10. The number of carbonyl (C=O) groups excluding carboxylic acids is 1. The van der Waals surface area contributed by atoms with Gasteiger partial charge in [-0.3, -0.25) is 4.79 Å². The summed E-state index contributed by atoms with van der Waals surface area (Å²) in [7, 11) is 0. The zero-order valence-corrected chi connectivity index (χ0v) is 11.8. The molecule has 0 aliphatic rings. The Morgan fingerprint density at radius 3 is 2.78 bits per heavy atom. The first-order valence-electron chi connectivity index (χ1n) is 6.22. The summed E-state index contributed by atoms with van der Waals surface area (Å²) in [5.74, 6) is 0.940. The summed E-state index contributed by atoms with van der Waals surface area (Å²) in [5, 5.41) is 6.30. The van der Waals surface area contributed by atoms with Crippen molar-refractivity contribution < 1.29 is 4.79 Å². The van der Waals surface area contributed by atoms with Crippen molar-refractivity contribution in [2.24, 2.45) is 5.92 Å². The fourth-order valence-electron chi connectivity index (χ4n) is 1.37. The van der Waals surface area contributed by atoms with Crippen molar-refractivity contribution >= 4 is 23.3 Å². The van der Waals surface area contributed by atoms with Crippen LogP contribution in [0.2, 0.25) is 5.15 Å². The molecule has 0 fully saturated rings. The van der Waals surface area contributed by atoms with Crippen molar-refractivity contribution in [3.8, 4) is 0 Å². The number of rotatable bonds is 6. The normalized spacial score (nSPS) is 10.5. The lowest BCUT2D eigenvalue weighted by Crippen LogP contribution is -2.27. The Hall–Kier alpha value is -1.29. The fourth-order valence-corrected chi connectivity index (χ4v) is 1.58. The highest BCUT2D eigenvalue weighted by Crippen LogP contribution is 2.14. The van der Waals surface area contributed by atoms with Crippen LogP contribution in [-0.2, 0) is 0 Å². The van der Waals surface area contributed by atoms with Gasteiger partial charge in [-0.1, -0.05) is 32.4 Å². The SMILES string of the molecule is CCCNc1cc(C(=O)NCC(C)C)cc(Cl)n1. The Kier molecular flexibility index (Phi) is 5.92. The number of anilines is 1. The number of halogens is 1. The number of hydrogen-bond donors (Lipinski definition) is 2. The van der Waals surface area contributed by atoms with Gasteiger partial charge in [0.2, 0.25) is 0 Å². The second kappa shape index (κ2) is 7.21. The average molecular weight is 270 g/mol. The molecule has 0 saturated heterocycles. The zero-order chi connectivity index (χ0) is 13.5. The molecule has 0 radical (unpaired) electrons. The van der Waals surface area contributed by atoms with Gasteiger partial charge in [-0.25, -0.2) is 4.98 Å². The van der Waals surface area contributed by atoms with Crippen molar-refractivity contribution in [2.45, 2.75) is 27.2 Å². The lowest BCUT2D eigenvalue weighted by molar-refractivity contribution is 0.0949. The van der Waals surface area contributed by atoms with Gasteiger partial charge in [0.1, 0.15) is 11.0 Å². The van der Waals surface area contributed by atoms with Crippen LogP contribution in [-0.4, -0.2) is 24.0 Å². The number of amides is 1. The molecule has 1 amide bonds. The van der Waals surface area contributed by atoms with E-state index in [0.717, 1.165) is 13.0 Å². The van der Waals surface area contributed by atoms with E-state index in [-0.39, 0.29) is 5.91 Å². The summed E-state index contributed by atoms with van der Waals surface area (Å²) in [5.41, 5.74) is 0.536. The van der Waals surface area contributed by atoms with Gasteiger partial charge in [0, 0.05) is 18.7 Å². The van der Waals surface area contributed by atoms with Crippen molar-refractivity contribution in [2.75, 3.05) is 18.4 Å². The Morgan fingerprint density at radius 2 is 2.17 bits per heavy atom. The molecule has 0 aromatic carbocycles. The first-order chi connectivity index (χ1) is 8.52. The van der Waals surface area contributed by atoms with E-state index in [9.17, 15) is 4.79 Å². The smallest absolute Gasteiger partial charge is 0.251 e. The van der Waals surface area contributed by atoms with Crippen molar-refractivity contribution in [3.05, 3.63) is 22.8 Å². The maximum Gasteiger partial charge on any atom is 0.251 e. The van der Waals surface area contributed by atoms with Gasteiger partial charge in [0.25, 0.3) is 5.91 Å². The van der Waals surface area contributed by atoms with Gasteiger partial charge >= 0.3 is 0 Å². The number of carbonyl (C=O) groups is 1. The second-order valence-electron chi connectivity index (χ2n) is 4.59. The van der Waals surface area contributed by atoms with E-state index >= 15 is 0 Å². The Labute approximate surface area is 113 Å². The molecule has 0 spiro atoms. The fraction of sp³-hybridized carbons (Fsp3) is 0.538. The van der Waals surface area contributed by atoms with Crippen LogP contribution in [0.5, 0.6) is 0 Å². The molecule has 0 aliphatic carbocycles. The van der Waals surface area contributed by atoms with Gasteiger partial charge in [-0.2, -0.15) is 0 Å². The molecule has 1 aromatic heterocycles. The summed E-state index contributed by atoms with van der Waals surface area (Å²) in [6, 6.07) is 3.30. The molecule has 0 unspecified atom stereocenters. The van der Waals surface area contributed by atoms with E-state index in [1.165, 1.54) is 0 Å². The van der Waals surface area contributed by atoms with Crippen molar-refractivity contribution in [3.63, 3.8) is 0 Å². The highest BCUT2D eigenvalue weighted by Gasteiger charge is 2.09. The highest BCUT2D eigenvalue weighted by atomic mass is 35.5. The molecule has 4 nitrogen and oxygen atoms in total. The summed E-state index contributed by atoms with van der Waals surface area (Å²) in [6.45, 7) is 7.62. The van der Waals surface area contributed by atoms with E-state index in [1.807, 2.05) is 13.8 Å². The number of hydrogen-bond acceptors (Lipinski definition) is 3. The third-order valence-corrected chi connectivity index (χ3v) is 2.48. The molecule has 0 aliphatic heterocycles. The van der Waals surface area contributed by atoms with E-state index in [2.05, 4.69) is 22.5 Å². The van der Waals surface area contributed by atoms with Crippen LogP contribution < -0.4 is 10.6 Å². The predicted molar refractivity (Wildman–Crippen MR) is 75.2 cm³/mol. The molecular formula is C13H20ClN3O. The largest absolute Gasteiger partial charge is 0.370 e. The van der Waals surface area contributed by atoms with Gasteiger partial charge in [0.15, 0.2) is 0 Å². The Balaban J connectivity index is 2.75. The van der Waals surface area contributed by atoms with Crippen LogP contribution in [0.15, 0.2) is 12.1 Å². The summed E-state index contributed by atoms with van der Waals surface area (Å²) >= 11 is 5.90. The van der Waals surface area contributed by atoms with Gasteiger partial charge in [-0.15, -0.1) is 0 Å². The molecule has 1 rings (SSSR count). The highest BCUT2D eigenvalue weighted by molar-refractivity contribution is 6.29. The maximum absolute atomic E-state index is 11.9. The molecule has 0 bridgehead atoms. The van der Waals surface area contributed by atoms with Crippen molar-refractivity contribution in [1.82, 2.24) is 10.3 Å². The minimum atomic E-state index is -0.118. The Morgan fingerprint density at radius 1 is 1.44 bits per heavy atom. The third-order valence-electron chi connectivity index (χ3n) is 2.28. The topological polar surface area (TPSA) is 54.0 Å². The first kappa shape index (κ1) is 14.8. The standard InChI is InChI=1S/C13H20ClN3O/c1-4-5-15-12-7-10(6-11(14)17-12)13(18)16-8-9(2)3/h6-7,9H,4-5,8H2,1-3H3,(H,15,17)(H,16,18). The number of aromatic nitrogens is 1. The maximum atomic E-state index is 11.9. The monoisotopic (exact) mass is 269 g/mol. The zero-order valence-electron chi connectivity index (χ0n) is 11.1. The van der Waals surface area contributed by atoms with Crippen LogP contribution in [0.4, 0.5) is 5.82 Å². The van der Waals surface area contributed by atoms with Crippen LogP contribution in [0.1, 0.15) is 37.6 Å². The van der Waals surface area contributed by atoms with E-state index < -0.39 is 0 Å². The van der Waals surface area contributed by atoms with Gasteiger partial charge in [0.05, 0.1) is 0 Å². The summed E-state index contributed by atoms with van der Waals surface area (Å²) < 4.78 is 0. The second-order valence-corrected chi connectivity index (χ2v) is 4.98. The van der Waals surface area contributed by atoms with E-state index in [1.54, 1.807) is 12.1 Å². The third kappa shape index (κ3) is 4.92. The molecule has 1 heterocycles. The molecule has 100 valence electrons. The molecule has 18 heavy (non-hydrogen) atoms. The Bertz CT molecular complexity index is 407. The van der Waals surface area contributed by atoms with Crippen LogP contribution in [0.25, 0.3) is 0 Å². The quantitative estimate of drug-likeness (QED) is 0.781.